The number of benzene rings is 1. The molecule has 1 aromatic rings. The highest BCUT2D eigenvalue weighted by molar-refractivity contribution is 5.48. The van der Waals surface area contributed by atoms with Gasteiger partial charge in [0, 0.05) is 25.3 Å². The molecule has 1 N–H and O–H groups in total. The zero-order chi connectivity index (χ0) is 10.1. The summed E-state index contributed by atoms with van der Waals surface area (Å²) in [6.45, 7) is 3.89. The van der Waals surface area contributed by atoms with Gasteiger partial charge >= 0.3 is 0 Å². The minimum atomic E-state index is 0.374. The van der Waals surface area contributed by atoms with E-state index in [1.165, 1.54) is 5.69 Å². The van der Waals surface area contributed by atoms with E-state index in [4.69, 9.17) is 4.74 Å². The van der Waals surface area contributed by atoms with Crippen molar-refractivity contribution in [2.24, 2.45) is 0 Å². The Kier molecular flexibility index (Phi) is 2.35. The highest BCUT2D eigenvalue weighted by atomic mass is 16.5. The highest BCUT2D eigenvalue weighted by Crippen LogP contribution is 2.24. The molecule has 2 saturated heterocycles. The van der Waals surface area contributed by atoms with E-state index in [-0.39, 0.29) is 0 Å². The monoisotopic (exact) mass is 204 g/mol. The van der Waals surface area contributed by atoms with Crippen LogP contribution in [-0.4, -0.2) is 38.4 Å². The van der Waals surface area contributed by atoms with E-state index in [0.717, 1.165) is 26.2 Å². The lowest BCUT2D eigenvalue weighted by atomic mass is 10.1. The fraction of sp³-hybridized carbons (Fsp3) is 0.500. The Labute approximate surface area is 90.0 Å². The van der Waals surface area contributed by atoms with Gasteiger partial charge in [-0.2, -0.15) is 0 Å². The van der Waals surface area contributed by atoms with Crippen molar-refractivity contribution in [1.82, 2.24) is 5.32 Å². The number of morpholine rings is 1. The maximum absolute atomic E-state index is 5.75. The van der Waals surface area contributed by atoms with Crippen LogP contribution in [0.5, 0.6) is 0 Å². The number of rotatable bonds is 1. The summed E-state index contributed by atoms with van der Waals surface area (Å²) in [6.07, 6.45) is 0.374. The summed E-state index contributed by atoms with van der Waals surface area (Å²) in [5.74, 6) is 0. The number of fused-ring (bicyclic) bond motifs is 1. The molecule has 2 fully saturated rings. The lowest BCUT2D eigenvalue weighted by Crippen LogP contribution is -2.50. The molecule has 0 amide bonds. The molecule has 2 aliphatic rings. The van der Waals surface area contributed by atoms with E-state index in [9.17, 15) is 0 Å². The Bertz CT molecular complexity index is 328. The first-order chi connectivity index (χ1) is 7.45. The zero-order valence-electron chi connectivity index (χ0n) is 8.73. The number of nitrogens with zero attached hydrogens (tertiary/aromatic N) is 1. The van der Waals surface area contributed by atoms with Crippen LogP contribution in [0.15, 0.2) is 30.3 Å². The topological polar surface area (TPSA) is 24.5 Å². The van der Waals surface area contributed by atoms with Crippen molar-refractivity contribution >= 4 is 5.69 Å². The summed E-state index contributed by atoms with van der Waals surface area (Å²) in [4.78, 5) is 2.47. The minimum Gasteiger partial charge on any atom is -0.373 e. The minimum absolute atomic E-state index is 0.374. The van der Waals surface area contributed by atoms with E-state index in [2.05, 4.69) is 40.5 Å². The molecule has 0 unspecified atom stereocenters. The highest BCUT2D eigenvalue weighted by Gasteiger charge is 2.35. The van der Waals surface area contributed by atoms with Gasteiger partial charge in [-0.15, -0.1) is 0 Å². The molecular formula is C12H16N2O. The van der Waals surface area contributed by atoms with Crippen molar-refractivity contribution in [2.75, 3.05) is 31.1 Å². The van der Waals surface area contributed by atoms with Crippen molar-refractivity contribution in [3.05, 3.63) is 30.3 Å². The fourth-order valence-corrected chi connectivity index (χ4v) is 2.53. The Morgan fingerprint density at radius 2 is 2.07 bits per heavy atom. The lowest BCUT2D eigenvalue weighted by Gasteiger charge is -2.38. The number of hydrogen-bond donors (Lipinski definition) is 1. The lowest BCUT2D eigenvalue weighted by molar-refractivity contribution is 0.0350. The molecule has 0 bridgehead atoms. The first-order valence-corrected chi connectivity index (χ1v) is 5.59. The molecule has 0 radical (unpaired) electrons. The van der Waals surface area contributed by atoms with Crippen LogP contribution in [0.2, 0.25) is 0 Å². The van der Waals surface area contributed by atoms with Gasteiger partial charge < -0.3 is 15.0 Å². The Balaban J connectivity index is 1.85. The maximum atomic E-state index is 5.75. The normalized spacial score (nSPS) is 30.3. The van der Waals surface area contributed by atoms with Gasteiger partial charge in [-0.05, 0) is 12.1 Å². The molecule has 3 rings (SSSR count). The quantitative estimate of drug-likeness (QED) is 0.734. The van der Waals surface area contributed by atoms with E-state index >= 15 is 0 Å². The second kappa shape index (κ2) is 3.83. The summed E-state index contributed by atoms with van der Waals surface area (Å²) in [5.41, 5.74) is 1.32. The number of hydrogen-bond acceptors (Lipinski definition) is 3. The second-order valence-electron chi connectivity index (χ2n) is 4.16. The van der Waals surface area contributed by atoms with Gasteiger partial charge in [-0.1, -0.05) is 18.2 Å². The van der Waals surface area contributed by atoms with E-state index in [1.54, 1.807) is 0 Å². The molecule has 3 heteroatoms. The zero-order valence-corrected chi connectivity index (χ0v) is 8.73. The molecule has 0 spiro atoms. The van der Waals surface area contributed by atoms with Crippen molar-refractivity contribution in [3.63, 3.8) is 0 Å². The van der Waals surface area contributed by atoms with Crippen LogP contribution in [0.4, 0.5) is 5.69 Å². The van der Waals surface area contributed by atoms with Gasteiger partial charge in [-0.3, -0.25) is 0 Å². The van der Waals surface area contributed by atoms with Gasteiger partial charge in [0.25, 0.3) is 0 Å². The molecule has 0 saturated carbocycles. The third kappa shape index (κ3) is 1.62. The molecule has 2 aliphatic heterocycles. The summed E-state index contributed by atoms with van der Waals surface area (Å²) >= 11 is 0. The van der Waals surface area contributed by atoms with Crippen LogP contribution < -0.4 is 10.2 Å². The van der Waals surface area contributed by atoms with Gasteiger partial charge in [0.15, 0.2) is 0 Å². The molecule has 80 valence electrons. The SMILES string of the molecule is c1ccc(N2CCO[C@@H]3CNC[C@@H]32)cc1. The largest absolute Gasteiger partial charge is 0.373 e. The molecule has 15 heavy (non-hydrogen) atoms. The van der Waals surface area contributed by atoms with Crippen LogP contribution in [0, 0.1) is 0 Å². The summed E-state index contributed by atoms with van der Waals surface area (Å²) in [7, 11) is 0. The average Bonchev–Trinajstić information content (AvgIpc) is 2.78. The molecule has 0 aromatic heterocycles. The number of ether oxygens (including phenoxy) is 1. The molecule has 2 atom stereocenters. The van der Waals surface area contributed by atoms with E-state index < -0.39 is 0 Å². The molecule has 1 aromatic carbocycles. The van der Waals surface area contributed by atoms with Crippen LogP contribution >= 0.6 is 0 Å². The summed E-state index contributed by atoms with van der Waals surface area (Å²) in [5, 5.41) is 3.40. The van der Waals surface area contributed by atoms with Gasteiger partial charge in [0.1, 0.15) is 0 Å². The third-order valence-corrected chi connectivity index (χ3v) is 3.28. The third-order valence-electron chi connectivity index (χ3n) is 3.28. The predicted octanol–water partition coefficient (Wildman–Crippen LogP) is 0.864. The van der Waals surface area contributed by atoms with Crippen LogP contribution in [0.3, 0.4) is 0 Å². The molecule has 0 aliphatic carbocycles. The van der Waals surface area contributed by atoms with Gasteiger partial charge in [0.05, 0.1) is 18.8 Å². The first kappa shape index (κ1) is 9.19. The number of nitrogens with one attached hydrogen (secondary N) is 1. The first-order valence-electron chi connectivity index (χ1n) is 5.59. The maximum Gasteiger partial charge on any atom is 0.0915 e. The van der Waals surface area contributed by atoms with E-state index in [0.29, 0.717) is 12.1 Å². The number of anilines is 1. The van der Waals surface area contributed by atoms with Crippen molar-refractivity contribution < 1.29 is 4.74 Å². The summed E-state index contributed by atoms with van der Waals surface area (Å²) < 4.78 is 5.75. The Morgan fingerprint density at radius 1 is 1.20 bits per heavy atom. The van der Waals surface area contributed by atoms with E-state index in [1.807, 2.05) is 0 Å². The van der Waals surface area contributed by atoms with Crippen molar-refractivity contribution in [1.29, 1.82) is 0 Å². The fourth-order valence-electron chi connectivity index (χ4n) is 2.53. The van der Waals surface area contributed by atoms with Crippen molar-refractivity contribution in [2.45, 2.75) is 12.1 Å². The second-order valence-corrected chi connectivity index (χ2v) is 4.16. The molecular weight excluding hydrogens is 188 g/mol. The van der Waals surface area contributed by atoms with Crippen LogP contribution in [-0.2, 0) is 4.74 Å². The molecule has 2 heterocycles. The standard InChI is InChI=1S/C12H16N2O/c1-2-4-10(5-3-1)14-6-7-15-12-9-13-8-11(12)14/h1-5,11-13H,6-9H2/t11-,12+/m0/s1. The number of para-hydroxylation sites is 1. The van der Waals surface area contributed by atoms with Crippen LogP contribution in [0.25, 0.3) is 0 Å². The van der Waals surface area contributed by atoms with Crippen LogP contribution in [0.1, 0.15) is 0 Å². The van der Waals surface area contributed by atoms with Gasteiger partial charge in [-0.25, -0.2) is 0 Å². The average molecular weight is 204 g/mol. The Morgan fingerprint density at radius 3 is 2.93 bits per heavy atom. The van der Waals surface area contributed by atoms with Crippen molar-refractivity contribution in [3.8, 4) is 0 Å². The smallest absolute Gasteiger partial charge is 0.0915 e. The van der Waals surface area contributed by atoms with Gasteiger partial charge in [0.2, 0.25) is 0 Å². The predicted molar refractivity (Wildman–Crippen MR) is 60.2 cm³/mol. The molecule has 3 nitrogen and oxygen atoms in total. The Hall–Kier alpha value is -1.06. The summed E-state index contributed by atoms with van der Waals surface area (Å²) in [6, 6.07) is 11.1.